The minimum atomic E-state index is -0.174. The summed E-state index contributed by atoms with van der Waals surface area (Å²) in [6.07, 6.45) is 19.4. The van der Waals surface area contributed by atoms with E-state index in [1.165, 1.54) is 102 Å². The highest BCUT2D eigenvalue weighted by Crippen LogP contribution is 2.61. The average molecular weight is 678 g/mol. The Kier molecular flexibility index (Phi) is 12.3. The van der Waals surface area contributed by atoms with Crippen molar-refractivity contribution < 1.29 is 14.0 Å². The van der Waals surface area contributed by atoms with E-state index in [0.717, 1.165) is 30.6 Å². The molecular weight excluding hydrogens is 619 g/mol. The Morgan fingerprint density at radius 3 is 2.00 bits per heavy atom. The molecule has 258 valence electrons. The van der Waals surface area contributed by atoms with Crippen LogP contribution in [0.4, 0.5) is 0 Å². The van der Waals surface area contributed by atoms with Gasteiger partial charge >= 0.3 is 0 Å². The highest BCUT2D eigenvalue weighted by atomic mass is 32.1. The van der Waals surface area contributed by atoms with E-state index in [1.807, 2.05) is 18.3 Å². The predicted molar refractivity (Wildman–Crippen MR) is 200 cm³/mol. The third-order valence-electron chi connectivity index (χ3n) is 11.2. The average Bonchev–Trinajstić information content (AvgIpc) is 3.85. The van der Waals surface area contributed by atoms with Crippen molar-refractivity contribution in [2.24, 2.45) is 11.8 Å². The van der Waals surface area contributed by atoms with Crippen molar-refractivity contribution in [1.82, 2.24) is 4.90 Å². The Hall–Kier alpha value is -2.18. The lowest BCUT2D eigenvalue weighted by atomic mass is 9.68. The summed E-state index contributed by atoms with van der Waals surface area (Å²) in [4.78, 5) is 34.4. The van der Waals surface area contributed by atoms with Crippen molar-refractivity contribution in [2.45, 2.75) is 157 Å². The molecule has 0 saturated carbocycles. The molecule has 0 bridgehead atoms. The molecule has 6 heteroatoms. The third-order valence-corrected chi connectivity index (χ3v) is 13.5. The van der Waals surface area contributed by atoms with Gasteiger partial charge in [-0.2, -0.15) is 0 Å². The van der Waals surface area contributed by atoms with Crippen LogP contribution in [0.2, 0.25) is 0 Å². The molecular formula is C41H59NO3S2. The summed E-state index contributed by atoms with van der Waals surface area (Å²) in [6, 6.07) is 4.87. The molecule has 1 aliphatic heterocycles. The van der Waals surface area contributed by atoms with Gasteiger partial charge in [0.05, 0.1) is 10.4 Å². The van der Waals surface area contributed by atoms with Gasteiger partial charge in [-0.05, 0) is 68.2 Å². The molecule has 3 aromatic heterocycles. The molecule has 0 saturated heterocycles. The van der Waals surface area contributed by atoms with Gasteiger partial charge in [0.25, 0.3) is 11.8 Å². The first-order chi connectivity index (χ1) is 22.7. The topological polar surface area (TPSA) is 50.5 Å². The van der Waals surface area contributed by atoms with E-state index in [4.69, 9.17) is 4.42 Å². The quantitative estimate of drug-likeness (QED) is 0.0883. The summed E-state index contributed by atoms with van der Waals surface area (Å²) in [5.41, 5.74) is 3.97. The van der Waals surface area contributed by atoms with Crippen LogP contribution in [0.3, 0.4) is 0 Å². The smallest absolute Gasteiger partial charge is 0.265 e. The van der Waals surface area contributed by atoms with Crippen LogP contribution in [-0.2, 0) is 5.41 Å². The van der Waals surface area contributed by atoms with Crippen molar-refractivity contribution >= 4 is 34.5 Å². The summed E-state index contributed by atoms with van der Waals surface area (Å²) in [6.45, 7) is 15.9. The minimum Gasteiger partial charge on any atom is -0.459 e. The van der Waals surface area contributed by atoms with Crippen LogP contribution in [0.1, 0.15) is 180 Å². The van der Waals surface area contributed by atoms with Crippen LogP contribution < -0.4 is 0 Å². The van der Waals surface area contributed by atoms with Gasteiger partial charge in [-0.3, -0.25) is 14.5 Å². The fourth-order valence-electron chi connectivity index (χ4n) is 8.33. The zero-order chi connectivity index (χ0) is 33.7. The molecule has 5 rings (SSSR count). The molecule has 0 fully saturated rings. The molecule has 0 aromatic carbocycles. The summed E-state index contributed by atoms with van der Waals surface area (Å²) in [7, 11) is 0. The lowest BCUT2D eigenvalue weighted by Gasteiger charge is -2.35. The Labute approximate surface area is 292 Å². The van der Waals surface area contributed by atoms with Gasteiger partial charge in [-0.25, -0.2) is 0 Å². The second-order valence-corrected chi connectivity index (χ2v) is 16.9. The number of aryl methyl sites for hydroxylation is 2. The Bertz CT molecular complexity index is 1530. The van der Waals surface area contributed by atoms with Crippen LogP contribution in [0.25, 0.3) is 20.4 Å². The summed E-state index contributed by atoms with van der Waals surface area (Å²) in [5, 5.41) is 0. The number of imide groups is 1. The molecule has 3 atom stereocenters. The standard InChI is InChI=1S/C41H59NO3S2/c1-8-13-16-17-18-19-22-41(25-29(11-4)20-14-9-2)31-23-27(6)46-37(31)38-32(41)24-33(47-38)36-35-34(28(7)45-36)39(43)42(40(35)44)26-30(12-5)21-15-10-3/h23-24,29-30H,8-22,25-26H2,1-7H3. The first-order valence-electron chi connectivity index (χ1n) is 19.0. The van der Waals surface area contributed by atoms with Crippen molar-refractivity contribution in [3.05, 3.63) is 45.0 Å². The van der Waals surface area contributed by atoms with E-state index >= 15 is 0 Å². The maximum atomic E-state index is 14.0. The number of nitrogens with zero attached hydrogens (tertiary/aromatic N) is 1. The number of fused-ring (bicyclic) bond motifs is 4. The molecule has 3 unspecified atom stereocenters. The number of carbonyl (C=O) groups excluding carboxylic acids is 2. The van der Waals surface area contributed by atoms with Crippen molar-refractivity contribution in [3.8, 4) is 20.4 Å². The van der Waals surface area contributed by atoms with Gasteiger partial charge in [0.2, 0.25) is 0 Å². The molecule has 0 N–H and O–H groups in total. The zero-order valence-electron chi connectivity index (χ0n) is 30.3. The van der Waals surface area contributed by atoms with E-state index in [9.17, 15) is 9.59 Å². The van der Waals surface area contributed by atoms with Gasteiger partial charge in [0.1, 0.15) is 11.3 Å². The molecule has 4 nitrogen and oxygen atoms in total. The molecule has 47 heavy (non-hydrogen) atoms. The van der Waals surface area contributed by atoms with Gasteiger partial charge in [-0.1, -0.05) is 118 Å². The normalized spacial score (nSPS) is 18.2. The van der Waals surface area contributed by atoms with Crippen LogP contribution in [-0.4, -0.2) is 23.3 Å². The number of hydrogen-bond acceptors (Lipinski definition) is 5. The van der Waals surface area contributed by atoms with E-state index < -0.39 is 0 Å². The maximum Gasteiger partial charge on any atom is 0.265 e. The van der Waals surface area contributed by atoms with Crippen LogP contribution >= 0.6 is 22.7 Å². The lowest BCUT2D eigenvalue weighted by molar-refractivity contribution is 0.0621. The molecule has 4 heterocycles. The first-order valence-corrected chi connectivity index (χ1v) is 20.6. The van der Waals surface area contributed by atoms with Crippen molar-refractivity contribution in [1.29, 1.82) is 0 Å². The van der Waals surface area contributed by atoms with E-state index in [0.29, 0.717) is 41.0 Å². The maximum absolute atomic E-state index is 14.0. The second kappa shape index (κ2) is 16.0. The summed E-state index contributed by atoms with van der Waals surface area (Å²) in [5.74, 6) is 1.85. The fourth-order valence-corrected chi connectivity index (χ4v) is 10.8. The minimum absolute atomic E-state index is 0.00630. The highest BCUT2D eigenvalue weighted by Gasteiger charge is 2.48. The van der Waals surface area contributed by atoms with E-state index in [-0.39, 0.29) is 17.2 Å². The van der Waals surface area contributed by atoms with Crippen molar-refractivity contribution in [2.75, 3.05) is 6.54 Å². The Balaban J connectivity index is 1.54. The predicted octanol–water partition coefficient (Wildman–Crippen LogP) is 13.1. The monoisotopic (exact) mass is 677 g/mol. The molecule has 1 aliphatic carbocycles. The molecule has 2 aliphatic rings. The molecule has 3 aromatic rings. The third kappa shape index (κ3) is 7.11. The number of amides is 2. The van der Waals surface area contributed by atoms with Gasteiger partial charge < -0.3 is 4.42 Å². The fraction of sp³-hybridized carbons (Fsp3) is 0.659. The summed E-state index contributed by atoms with van der Waals surface area (Å²) < 4.78 is 6.39. The molecule has 0 radical (unpaired) electrons. The number of carbonyl (C=O) groups is 2. The summed E-state index contributed by atoms with van der Waals surface area (Å²) >= 11 is 3.72. The van der Waals surface area contributed by atoms with Crippen LogP contribution in [0, 0.1) is 25.7 Å². The largest absolute Gasteiger partial charge is 0.459 e. The first kappa shape index (κ1) is 36.1. The Morgan fingerprint density at radius 2 is 1.32 bits per heavy atom. The van der Waals surface area contributed by atoms with Crippen molar-refractivity contribution in [3.63, 3.8) is 0 Å². The number of unbranched alkanes of at least 4 members (excludes halogenated alkanes) is 7. The molecule has 0 spiro atoms. The van der Waals surface area contributed by atoms with Crippen LogP contribution in [0.15, 0.2) is 16.5 Å². The Morgan fingerprint density at radius 1 is 0.723 bits per heavy atom. The zero-order valence-corrected chi connectivity index (χ0v) is 32.0. The van der Waals surface area contributed by atoms with Gasteiger partial charge in [0.15, 0.2) is 5.76 Å². The lowest BCUT2D eigenvalue weighted by Crippen LogP contribution is -2.35. The number of rotatable bonds is 20. The second-order valence-electron chi connectivity index (χ2n) is 14.5. The van der Waals surface area contributed by atoms with E-state index in [1.54, 1.807) is 16.9 Å². The number of thiophene rings is 2. The SMILES string of the molecule is CCCCCCCCC1(CC(CC)CCCC)c2cc(C)sc2-c2sc(-c3oc(C)c4c3C(=O)N(CC(CC)CCCC)C4=O)cc21. The van der Waals surface area contributed by atoms with E-state index in [2.05, 4.69) is 53.7 Å². The number of furan rings is 1. The molecule has 2 amide bonds. The van der Waals surface area contributed by atoms with Gasteiger partial charge in [0, 0.05) is 26.6 Å². The van der Waals surface area contributed by atoms with Gasteiger partial charge in [-0.15, -0.1) is 22.7 Å². The van der Waals surface area contributed by atoms with Crippen LogP contribution in [0.5, 0.6) is 0 Å². The highest BCUT2D eigenvalue weighted by molar-refractivity contribution is 7.24. The number of hydrogen-bond donors (Lipinski definition) is 0.